The maximum atomic E-state index is 12.4. The Bertz CT molecular complexity index is 841. The minimum Gasteiger partial charge on any atom is -0.457 e. The molecule has 2 saturated heterocycles. The van der Waals surface area contributed by atoms with Crippen LogP contribution in [0.25, 0.3) is 0 Å². The van der Waals surface area contributed by atoms with E-state index < -0.39 is 5.60 Å². The molecule has 0 spiro atoms. The van der Waals surface area contributed by atoms with E-state index in [1.807, 2.05) is 0 Å². The molecule has 0 aromatic carbocycles. The number of hydrogen-bond acceptors (Lipinski definition) is 6. The van der Waals surface area contributed by atoms with Gasteiger partial charge in [0.15, 0.2) is 0 Å². The van der Waals surface area contributed by atoms with Crippen LogP contribution in [-0.2, 0) is 14.3 Å². The average Bonchev–Trinajstić information content (AvgIpc) is 3.44. The fourth-order valence-corrected chi connectivity index (χ4v) is 10.8. The molecule has 4 aliphatic carbocycles. The number of aliphatic hydroxyl groups excluding tert-OH is 1. The second kappa shape index (κ2) is 9.20. The van der Waals surface area contributed by atoms with Gasteiger partial charge < -0.3 is 14.6 Å². The van der Waals surface area contributed by atoms with Crippen LogP contribution in [0.2, 0.25) is 0 Å². The highest BCUT2D eigenvalue weighted by Gasteiger charge is 2.69. The van der Waals surface area contributed by atoms with Gasteiger partial charge in [-0.05, 0) is 107 Å². The summed E-state index contributed by atoms with van der Waals surface area (Å²) >= 11 is 0. The predicted octanol–water partition coefficient (Wildman–Crippen LogP) is 4.10. The maximum absolute atomic E-state index is 12.4. The highest BCUT2D eigenvalue weighted by Crippen LogP contribution is 2.69. The number of nitrogens with zero attached hydrogens (tertiary/aromatic N) is 2. The molecule has 3 unspecified atom stereocenters. The number of rotatable bonds is 3. The lowest BCUT2D eigenvalue weighted by molar-refractivity contribution is -0.195. The SMILES string of the molecule is CC(=O)O[C@]1(C)[C@@H](N2CCCC2)CC2C3CC[C@H]4C[C@H](O)[C@@H](N5CCOCC5)C[C@]4(C)C3CC[C@@]21C. The van der Waals surface area contributed by atoms with Crippen LogP contribution in [0.15, 0.2) is 0 Å². The van der Waals surface area contributed by atoms with Gasteiger partial charge in [0.05, 0.1) is 25.4 Å². The Morgan fingerprint density at radius 1 is 0.944 bits per heavy atom. The van der Waals surface area contributed by atoms with E-state index in [4.69, 9.17) is 9.47 Å². The first-order chi connectivity index (χ1) is 17.2. The van der Waals surface area contributed by atoms with E-state index in [2.05, 4.69) is 30.6 Å². The summed E-state index contributed by atoms with van der Waals surface area (Å²) in [5, 5.41) is 11.2. The summed E-state index contributed by atoms with van der Waals surface area (Å²) in [7, 11) is 0. The van der Waals surface area contributed by atoms with Crippen LogP contribution in [-0.4, -0.2) is 84.1 Å². The van der Waals surface area contributed by atoms with Crippen LogP contribution in [0.4, 0.5) is 0 Å². The second-order valence-corrected chi connectivity index (χ2v) is 14.0. The van der Waals surface area contributed by atoms with Gasteiger partial charge in [-0.25, -0.2) is 0 Å². The number of carbonyl (C=O) groups excluding carboxylic acids is 1. The van der Waals surface area contributed by atoms with Crippen LogP contribution in [0.3, 0.4) is 0 Å². The molecule has 6 fully saturated rings. The number of carbonyl (C=O) groups is 1. The number of aliphatic hydroxyl groups is 1. The molecule has 0 aromatic heterocycles. The van der Waals surface area contributed by atoms with Gasteiger partial charge in [-0.1, -0.05) is 13.8 Å². The zero-order chi connectivity index (χ0) is 25.3. The molecule has 6 rings (SSSR count). The van der Waals surface area contributed by atoms with E-state index in [1.165, 1.54) is 38.5 Å². The average molecular weight is 503 g/mol. The first-order valence-corrected chi connectivity index (χ1v) is 15.1. The lowest BCUT2D eigenvalue weighted by Gasteiger charge is -2.63. The smallest absolute Gasteiger partial charge is 0.303 e. The van der Waals surface area contributed by atoms with Crippen LogP contribution >= 0.6 is 0 Å². The molecule has 6 aliphatic rings. The fraction of sp³-hybridized carbons (Fsp3) is 0.967. The number of hydrogen-bond donors (Lipinski definition) is 1. The summed E-state index contributed by atoms with van der Waals surface area (Å²) in [5.41, 5.74) is -0.0836. The summed E-state index contributed by atoms with van der Waals surface area (Å²) in [6.07, 6.45) is 10.5. The first-order valence-electron chi connectivity index (χ1n) is 15.1. The summed E-state index contributed by atoms with van der Waals surface area (Å²) in [4.78, 5) is 17.6. The predicted molar refractivity (Wildman–Crippen MR) is 139 cm³/mol. The van der Waals surface area contributed by atoms with Gasteiger partial charge >= 0.3 is 5.97 Å². The quantitative estimate of drug-likeness (QED) is 0.587. The number of esters is 1. The van der Waals surface area contributed by atoms with Crippen molar-refractivity contribution in [3.05, 3.63) is 0 Å². The summed E-state index contributed by atoms with van der Waals surface area (Å²) in [5.74, 6) is 2.54. The van der Waals surface area contributed by atoms with Crippen molar-refractivity contribution >= 4 is 5.97 Å². The van der Waals surface area contributed by atoms with Crippen molar-refractivity contribution in [2.45, 2.75) is 109 Å². The van der Waals surface area contributed by atoms with Crippen molar-refractivity contribution in [2.75, 3.05) is 39.4 Å². The summed E-state index contributed by atoms with van der Waals surface area (Å²) < 4.78 is 12.0. The summed E-state index contributed by atoms with van der Waals surface area (Å²) in [6, 6.07) is 0.618. The molecule has 2 heterocycles. The van der Waals surface area contributed by atoms with E-state index in [1.54, 1.807) is 6.92 Å². The first kappa shape index (κ1) is 25.6. The van der Waals surface area contributed by atoms with E-state index in [0.29, 0.717) is 29.7 Å². The third kappa shape index (κ3) is 3.75. The minimum absolute atomic E-state index is 0.0358. The lowest BCUT2D eigenvalue weighted by Crippen LogP contribution is -2.62. The highest BCUT2D eigenvalue weighted by molar-refractivity contribution is 5.67. The highest BCUT2D eigenvalue weighted by atomic mass is 16.6. The number of ether oxygens (including phenoxy) is 2. The Labute approximate surface area is 218 Å². The number of fused-ring (bicyclic) bond motifs is 5. The Balaban J connectivity index is 1.30. The topological polar surface area (TPSA) is 62.2 Å². The summed E-state index contributed by atoms with van der Waals surface area (Å²) in [6.45, 7) is 14.8. The normalized spacial score (nSPS) is 51.9. The van der Waals surface area contributed by atoms with Crippen LogP contribution in [0, 0.1) is 34.5 Å². The minimum atomic E-state index is -0.407. The molecule has 36 heavy (non-hydrogen) atoms. The molecule has 6 nitrogen and oxygen atoms in total. The zero-order valence-electron chi connectivity index (χ0n) is 23.2. The Morgan fingerprint density at radius 3 is 2.36 bits per heavy atom. The van der Waals surface area contributed by atoms with Gasteiger partial charge in [-0.2, -0.15) is 0 Å². The van der Waals surface area contributed by atoms with Gasteiger partial charge in [0.25, 0.3) is 0 Å². The molecule has 2 aliphatic heterocycles. The molecule has 0 aromatic rings. The number of morpholine rings is 1. The van der Waals surface area contributed by atoms with Gasteiger partial charge in [-0.3, -0.25) is 14.6 Å². The Morgan fingerprint density at radius 2 is 1.67 bits per heavy atom. The molecule has 0 amide bonds. The van der Waals surface area contributed by atoms with Crippen LogP contribution in [0.5, 0.6) is 0 Å². The van der Waals surface area contributed by atoms with Gasteiger partial charge in [0, 0.05) is 31.5 Å². The van der Waals surface area contributed by atoms with Gasteiger partial charge in [0.2, 0.25) is 0 Å². The number of likely N-dealkylation sites (tertiary alicyclic amines) is 1. The van der Waals surface area contributed by atoms with Crippen molar-refractivity contribution < 1.29 is 19.4 Å². The molecule has 6 heteroatoms. The van der Waals surface area contributed by atoms with E-state index >= 15 is 0 Å². The fourth-order valence-electron chi connectivity index (χ4n) is 10.8. The van der Waals surface area contributed by atoms with Crippen molar-refractivity contribution in [3.8, 4) is 0 Å². The zero-order valence-corrected chi connectivity index (χ0v) is 23.2. The van der Waals surface area contributed by atoms with Crippen molar-refractivity contribution in [1.29, 1.82) is 0 Å². The Hall–Kier alpha value is -0.690. The second-order valence-electron chi connectivity index (χ2n) is 14.0. The Kier molecular flexibility index (Phi) is 6.54. The van der Waals surface area contributed by atoms with E-state index in [-0.39, 0.29) is 28.9 Å². The van der Waals surface area contributed by atoms with Crippen molar-refractivity contribution in [2.24, 2.45) is 34.5 Å². The monoisotopic (exact) mass is 502 g/mol. The van der Waals surface area contributed by atoms with Gasteiger partial charge in [0.1, 0.15) is 5.60 Å². The standard InChI is InChI=1S/C30H50N2O4/c1-20(33)36-30(4)27(32-11-5-6-12-32)18-24-22-8-7-21-17-26(34)25(31-13-15-35-16-14-31)19-28(21,2)23(22)9-10-29(24,30)3/h21-27,34H,5-19H2,1-4H3/t21-,22?,23?,24?,25-,26-,27-,28-,29-,30+/m0/s1. The molecule has 204 valence electrons. The third-order valence-corrected chi connectivity index (χ3v) is 12.8. The molecule has 0 radical (unpaired) electrons. The molecule has 4 saturated carbocycles. The maximum Gasteiger partial charge on any atom is 0.303 e. The molecule has 1 N–H and O–H groups in total. The van der Waals surface area contributed by atoms with Gasteiger partial charge in [-0.15, -0.1) is 0 Å². The molecular formula is C30H50N2O4. The largest absolute Gasteiger partial charge is 0.457 e. The molecule has 10 atom stereocenters. The van der Waals surface area contributed by atoms with E-state index in [0.717, 1.165) is 58.7 Å². The molecule has 0 bridgehead atoms. The lowest BCUT2D eigenvalue weighted by atomic mass is 9.44. The van der Waals surface area contributed by atoms with Crippen molar-refractivity contribution in [3.63, 3.8) is 0 Å². The van der Waals surface area contributed by atoms with E-state index in [9.17, 15) is 9.90 Å². The third-order valence-electron chi connectivity index (χ3n) is 12.8. The van der Waals surface area contributed by atoms with Crippen molar-refractivity contribution in [1.82, 2.24) is 9.80 Å². The van der Waals surface area contributed by atoms with Crippen LogP contribution in [0.1, 0.15) is 85.5 Å². The van der Waals surface area contributed by atoms with Crippen LogP contribution < -0.4 is 0 Å². The molecular weight excluding hydrogens is 452 g/mol.